The molecule has 0 radical (unpaired) electrons. The minimum absolute atomic E-state index is 0.0753. The number of benzene rings is 1. The quantitative estimate of drug-likeness (QED) is 0.591. The molecule has 1 aromatic heterocycles. The van der Waals surface area contributed by atoms with E-state index in [2.05, 4.69) is 14.8 Å². The number of hydrogen-bond acceptors (Lipinski definition) is 6. The number of nitro benzene ring substituents is 1. The molecule has 0 fully saturated rings. The van der Waals surface area contributed by atoms with Crippen LogP contribution in [0.3, 0.4) is 0 Å². The van der Waals surface area contributed by atoms with E-state index in [-0.39, 0.29) is 17.5 Å². The molecule has 0 bridgehead atoms. The monoisotopic (exact) mass is 325 g/mol. The van der Waals surface area contributed by atoms with Gasteiger partial charge in [0, 0.05) is 18.2 Å². The van der Waals surface area contributed by atoms with Crippen LogP contribution in [0.15, 0.2) is 36.9 Å². The van der Waals surface area contributed by atoms with Crippen molar-refractivity contribution < 1.29 is 13.3 Å². The molecule has 1 heterocycles. The largest absolute Gasteiger partial charge is 0.269 e. The van der Waals surface area contributed by atoms with Crippen molar-refractivity contribution in [2.75, 3.05) is 0 Å². The second-order valence-electron chi connectivity index (χ2n) is 4.82. The molecular weight excluding hydrogens is 310 g/mol. The number of aromatic nitrogens is 3. The molecule has 9 nitrogen and oxygen atoms in total. The highest BCUT2D eigenvalue weighted by Gasteiger charge is 2.16. The van der Waals surface area contributed by atoms with E-state index >= 15 is 0 Å². The van der Waals surface area contributed by atoms with Gasteiger partial charge in [0.2, 0.25) is 10.0 Å². The van der Waals surface area contributed by atoms with Crippen molar-refractivity contribution in [3.8, 4) is 0 Å². The van der Waals surface area contributed by atoms with Gasteiger partial charge in [0.05, 0.1) is 17.2 Å². The summed E-state index contributed by atoms with van der Waals surface area (Å²) in [4.78, 5) is 13.8. The lowest BCUT2D eigenvalue weighted by molar-refractivity contribution is -0.384. The van der Waals surface area contributed by atoms with Crippen LogP contribution < -0.4 is 4.72 Å². The van der Waals surface area contributed by atoms with Crippen molar-refractivity contribution >= 4 is 15.7 Å². The maximum absolute atomic E-state index is 12.1. The highest BCUT2D eigenvalue weighted by molar-refractivity contribution is 7.88. The van der Waals surface area contributed by atoms with Gasteiger partial charge in [-0.15, -0.1) is 0 Å². The molecule has 22 heavy (non-hydrogen) atoms. The Morgan fingerprint density at radius 1 is 1.36 bits per heavy atom. The molecule has 0 spiro atoms. The van der Waals surface area contributed by atoms with Crippen molar-refractivity contribution in [2.45, 2.75) is 25.3 Å². The summed E-state index contributed by atoms with van der Waals surface area (Å²) in [6, 6.07) is 5.07. The average molecular weight is 325 g/mol. The van der Waals surface area contributed by atoms with Gasteiger partial charge in [0.15, 0.2) is 0 Å². The number of nitrogens with zero attached hydrogens (tertiary/aromatic N) is 4. The summed E-state index contributed by atoms with van der Waals surface area (Å²) >= 11 is 0. The van der Waals surface area contributed by atoms with Crippen LogP contribution in [-0.4, -0.2) is 34.1 Å². The van der Waals surface area contributed by atoms with Gasteiger partial charge >= 0.3 is 0 Å². The zero-order valence-electron chi connectivity index (χ0n) is 11.8. The first kappa shape index (κ1) is 16.0. The molecule has 0 amide bonds. The molecule has 2 aromatic rings. The third-order valence-corrected chi connectivity index (χ3v) is 4.29. The number of rotatable bonds is 7. The summed E-state index contributed by atoms with van der Waals surface area (Å²) in [5, 5.41) is 14.5. The van der Waals surface area contributed by atoms with Crippen molar-refractivity contribution in [2.24, 2.45) is 0 Å². The van der Waals surface area contributed by atoms with Crippen molar-refractivity contribution in [3.63, 3.8) is 0 Å². The van der Waals surface area contributed by atoms with Gasteiger partial charge in [-0.3, -0.25) is 14.8 Å². The highest BCUT2D eigenvalue weighted by atomic mass is 32.2. The van der Waals surface area contributed by atoms with E-state index in [4.69, 9.17) is 0 Å². The van der Waals surface area contributed by atoms with Crippen LogP contribution in [0.2, 0.25) is 0 Å². The van der Waals surface area contributed by atoms with Crippen molar-refractivity contribution in [1.29, 1.82) is 0 Å². The topological polar surface area (TPSA) is 120 Å². The number of nitro groups is 1. The van der Waals surface area contributed by atoms with Gasteiger partial charge in [0.25, 0.3) is 5.69 Å². The van der Waals surface area contributed by atoms with Crippen LogP contribution in [0.1, 0.15) is 12.5 Å². The van der Waals surface area contributed by atoms with Gasteiger partial charge in [0.1, 0.15) is 12.7 Å². The first-order chi connectivity index (χ1) is 10.4. The van der Waals surface area contributed by atoms with Crippen LogP contribution in [0, 0.1) is 10.1 Å². The summed E-state index contributed by atoms with van der Waals surface area (Å²) in [7, 11) is -3.55. The van der Waals surface area contributed by atoms with Crippen LogP contribution in [0.4, 0.5) is 5.69 Å². The van der Waals surface area contributed by atoms with Gasteiger partial charge < -0.3 is 0 Å². The van der Waals surface area contributed by atoms with E-state index < -0.39 is 14.9 Å². The molecule has 0 aliphatic rings. The molecule has 0 aliphatic carbocycles. The predicted octanol–water partition coefficient (Wildman–Crippen LogP) is 0.694. The molecule has 10 heteroatoms. The summed E-state index contributed by atoms with van der Waals surface area (Å²) in [6.07, 6.45) is 2.87. The smallest absolute Gasteiger partial charge is 0.258 e. The SMILES string of the molecule is C[C@H](Cn1cncn1)NS(=O)(=O)Cc1ccc([N+](=O)[O-])cc1. The summed E-state index contributed by atoms with van der Waals surface area (Å²) in [5.41, 5.74) is 0.403. The Balaban J connectivity index is 1.96. The van der Waals surface area contributed by atoms with Crippen molar-refractivity contribution in [3.05, 3.63) is 52.6 Å². The third kappa shape index (κ3) is 4.60. The third-order valence-electron chi connectivity index (χ3n) is 2.81. The normalized spacial score (nSPS) is 13.0. The Hall–Kier alpha value is -2.33. The van der Waals surface area contributed by atoms with E-state index in [9.17, 15) is 18.5 Å². The fraction of sp³-hybridized carbons (Fsp3) is 0.333. The number of sulfonamides is 1. The first-order valence-electron chi connectivity index (χ1n) is 6.41. The molecule has 0 saturated heterocycles. The molecule has 0 aliphatic heterocycles. The Bertz CT molecular complexity index is 727. The van der Waals surface area contributed by atoms with Gasteiger partial charge in [-0.1, -0.05) is 12.1 Å². The first-order valence-corrected chi connectivity index (χ1v) is 8.07. The highest BCUT2D eigenvalue weighted by Crippen LogP contribution is 2.13. The standard InChI is InChI=1S/C12H15N5O4S/c1-10(6-16-9-13-8-14-16)15-22(20,21)7-11-2-4-12(5-3-11)17(18)19/h2-5,8-10,15H,6-7H2,1H3/t10-/m1/s1. The van der Waals surface area contributed by atoms with Crippen molar-refractivity contribution in [1.82, 2.24) is 19.5 Å². The van der Waals surface area contributed by atoms with Gasteiger partial charge in [-0.25, -0.2) is 18.1 Å². The molecule has 1 N–H and O–H groups in total. The molecule has 0 saturated carbocycles. The summed E-state index contributed by atoms with van der Waals surface area (Å²) in [6.45, 7) is 2.08. The van der Waals surface area contributed by atoms with Gasteiger partial charge in [-0.2, -0.15) is 5.10 Å². The second-order valence-corrected chi connectivity index (χ2v) is 6.57. The molecule has 118 valence electrons. The van der Waals surface area contributed by atoms with Crippen LogP contribution in [0.25, 0.3) is 0 Å². The minimum atomic E-state index is -3.55. The van der Waals surface area contributed by atoms with Crippen LogP contribution in [-0.2, 0) is 22.3 Å². The maximum atomic E-state index is 12.1. The lowest BCUT2D eigenvalue weighted by Gasteiger charge is -2.14. The Morgan fingerprint density at radius 3 is 2.59 bits per heavy atom. The fourth-order valence-corrected chi connectivity index (χ4v) is 3.33. The van der Waals surface area contributed by atoms with Crippen LogP contribution >= 0.6 is 0 Å². The Morgan fingerprint density at radius 2 is 2.05 bits per heavy atom. The number of non-ortho nitro benzene ring substituents is 1. The Labute approximate surface area is 127 Å². The van der Waals surface area contributed by atoms with E-state index in [1.54, 1.807) is 6.92 Å². The molecular formula is C12H15N5O4S. The van der Waals surface area contributed by atoms with Gasteiger partial charge in [-0.05, 0) is 12.5 Å². The molecule has 2 rings (SSSR count). The Kier molecular flexibility index (Phi) is 4.83. The van der Waals surface area contributed by atoms with E-state index in [1.165, 1.54) is 41.6 Å². The molecule has 1 atom stereocenters. The zero-order valence-corrected chi connectivity index (χ0v) is 12.6. The number of hydrogen-bond donors (Lipinski definition) is 1. The van der Waals surface area contributed by atoms with Crippen LogP contribution in [0.5, 0.6) is 0 Å². The summed E-state index contributed by atoms with van der Waals surface area (Å²) < 4.78 is 28.2. The lowest BCUT2D eigenvalue weighted by atomic mass is 10.2. The second kappa shape index (κ2) is 6.62. The predicted molar refractivity (Wildman–Crippen MR) is 78.3 cm³/mol. The maximum Gasteiger partial charge on any atom is 0.269 e. The number of nitrogens with one attached hydrogen (secondary N) is 1. The average Bonchev–Trinajstić information content (AvgIpc) is 2.90. The molecule has 0 unspecified atom stereocenters. The minimum Gasteiger partial charge on any atom is -0.258 e. The van der Waals surface area contributed by atoms with E-state index in [0.717, 1.165) is 0 Å². The summed E-state index contributed by atoms with van der Waals surface area (Å²) in [5.74, 6) is -0.243. The molecule has 1 aromatic carbocycles. The lowest BCUT2D eigenvalue weighted by Crippen LogP contribution is -2.36. The van der Waals surface area contributed by atoms with E-state index in [1.807, 2.05) is 0 Å². The zero-order chi connectivity index (χ0) is 16.2. The van der Waals surface area contributed by atoms with E-state index in [0.29, 0.717) is 12.1 Å². The fourth-order valence-electron chi connectivity index (χ4n) is 1.93.